The van der Waals surface area contributed by atoms with Gasteiger partial charge in [-0.1, -0.05) is 25.7 Å². The zero-order chi connectivity index (χ0) is 12.5. The van der Waals surface area contributed by atoms with E-state index in [1.165, 1.54) is 38.5 Å². The quantitative estimate of drug-likeness (QED) is 0.257. The molecule has 18 heavy (non-hydrogen) atoms. The van der Waals surface area contributed by atoms with Gasteiger partial charge < -0.3 is 16.0 Å². The van der Waals surface area contributed by atoms with Crippen molar-refractivity contribution in [3.63, 3.8) is 0 Å². The van der Waals surface area contributed by atoms with E-state index >= 15 is 0 Å². The molecule has 108 valence electrons. The van der Waals surface area contributed by atoms with Crippen molar-refractivity contribution in [2.24, 2.45) is 10.7 Å². The van der Waals surface area contributed by atoms with Gasteiger partial charge in [0.2, 0.25) is 0 Å². The average molecular weight is 368 g/mol. The first-order valence-corrected chi connectivity index (χ1v) is 6.89. The molecule has 1 aliphatic rings. The van der Waals surface area contributed by atoms with Crippen LogP contribution in [0.4, 0.5) is 0 Å². The molecular formula is C13H29IN4. The van der Waals surface area contributed by atoms with Gasteiger partial charge >= 0.3 is 0 Å². The largest absolute Gasteiger partial charge is 0.370 e. The average Bonchev–Trinajstić information content (AvgIpc) is 2.53. The zero-order valence-electron chi connectivity index (χ0n) is 11.8. The van der Waals surface area contributed by atoms with Gasteiger partial charge in [-0.25, -0.2) is 0 Å². The highest BCUT2D eigenvalue weighted by atomic mass is 127. The maximum atomic E-state index is 5.90. The van der Waals surface area contributed by atoms with Gasteiger partial charge in [0, 0.05) is 12.6 Å². The minimum atomic E-state index is 0. The Morgan fingerprint density at radius 1 is 1.22 bits per heavy atom. The lowest BCUT2D eigenvalue weighted by Crippen LogP contribution is -2.40. The van der Waals surface area contributed by atoms with E-state index in [9.17, 15) is 0 Å². The van der Waals surface area contributed by atoms with Crippen molar-refractivity contribution >= 4 is 29.9 Å². The van der Waals surface area contributed by atoms with Crippen LogP contribution >= 0.6 is 24.0 Å². The molecule has 1 aliphatic carbocycles. The highest BCUT2D eigenvalue weighted by Gasteiger charge is 2.11. The molecule has 1 saturated carbocycles. The third-order valence-electron chi connectivity index (χ3n) is 3.25. The lowest BCUT2D eigenvalue weighted by Gasteiger charge is -2.16. The van der Waals surface area contributed by atoms with Crippen LogP contribution in [-0.4, -0.2) is 44.1 Å². The van der Waals surface area contributed by atoms with Crippen LogP contribution in [0, 0.1) is 0 Å². The Hall–Kier alpha value is -0.0400. The summed E-state index contributed by atoms with van der Waals surface area (Å²) in [5.74, 6) is 0.635. The highest BCUT2D eigenvalue weighted by molar-refractivity contribution is 14.0. The first-order valence-electron chi connectivity index (χ1n) is 6.89. The Kier molecular flexibility index (Phi) is 10.8. The maximum Gasteiger partial charge on any atom is 0.188 e. The molecule has 0 unspecified atom stereocenters. The Labute approximate surface area is 129 Å². The molecule has 3 N–H and O–H groups in total. The summed E-state index contributed by atoms with van der Waals surface area (Å²) >= 11 is 0. The number of guanidine groups is 1. The summed E-state index contributed by atoms with van der Waals surface area (Å²) in [5, 5.41) is 3.36. The smallest absolute Gasteiger partial charge is 0.188 e. The molecule has 5 heteroatoms. The minimum absolute atomic E-state index is 0. The number of hydrogen-bond acceptors (Lipinski definition) is 2. The van der Waals surface area contributed by atoms with Crippen LogP contribution in [0.25, 0.3) is 0 Å². The Morgan fingerprint density at radius 3 is 2.39 bits per heavy atom. The van der Waals surface area contributed by atoms with E-state index in [2.05, 4.69) is 29.3 Å². The van der Waals surface area contributed by atoms with E-state index in [4.69, 9.17) is 5.73 Å². The number of halogens is 1. The third-order valence-corrected chi connectivity index (χ3v) is 3.25. The normalized spacial score (nSPS) is 18.3. The number of rotatable bonds is 5. The molecule has 0 heterocycles. The van der Waals surface area contributed by atoms with Gasteiger partial charge in [-0.3, -0.25) is 4.99 Å². The fourth-order valence-corrected chi connectivity index (χ4v) is 2.26. The molecule has 0 aromatic carbocycles. The van der Waals surface area contributed by atoms with Crippen LogP contribution in [0.3, 0.4) is 0 Å². The Morgan fingerprint density at radius 2 is 1.83 bits per heavy atom. The lowest BCUT2D eigenvalue weighted by atomic mass is 10.1. The summed E-state index contributed by atoms with van der Waals surface area (Å²) in [4.78, 5) is 6.55. The van der Waals surface area contributed by atoms with Crippen molar-refractivity contribution < 1.29 is 0 Å². The van der Waals surface area contributed by atoms with Crippen molar-refractivity contribution in [3.05, 3.63) is 0 Å². The van der Waals surface area contributed by atoms with Gasteiger partial charge in [0.25, 0.3) is 0 Å². The molecule has 0 atom stereocenters. The number of nitrogens with one attached hydrogen (secondary N) is 1. The standard InChI is InChI=1S/C13H28N4.HI/c1-17(2)11-7-10-15-13(14)16-12-8-5-3-4-6-9-12;/h12H,3-11H2,1-2H3,(H3,14,15,16);1H. The summed E-state index contributed by atoms with van der Waals surface area (Å²) in [6, 6.07) is 0.551. The Balaban J connectivity index is 0.00000289. The molecule has 0 radical (unpaired) electrons. The van der Waals surface area contributed by atoms with Gasteiger partial charge in [-0.15, -0.1) is 24.0 Å². The molecule has 0 bridgehead atoms. The van der Waals surface area contributed by atoms with E-state index in [1.807, 2.05) is 0 Å². The van der Waals surface area contributed by atoms with Crippen LogP contribution in [0.2, 0.25) is 0 Å². The van der Waals surface area contributed by atoms with Crippen LogP contribution in [0.5, 0.6) is 0 Å². The fourth-order valence-electron chi connectivity index (χ4n) is 2.26. The number of aliphatic imine (C=N–C) groups is 1. The van der Waals surface area contributed by atoms with E-state index < -0.39 is 0 Å². The zero-order valence-corrected chi connectivity index (χ0v) is 14.2. The van der Waals surface area contributed by atoms with Gasteiger partial charge in [0.15, 0.2) is 5.96 Å². The van der Waals surface area contributed by atoms with Crippen molar-refractivity contribution in [3.8, 4) is 0 Å². The van der Waals surface area contributed by atoms with E-state index in [-0.39, 0.29) is 24.0 Å². The maximum absolute atomic E-state index is 5.90. The van der Waals surface area contributed by atoms with Gasteiger partial charge in [-0.05, 0) is 39.9 Å². The second-order valence-corrected chi connectivity index (χ2v) is 5.26. The lowest BCUT2D eigenvalue weighted by molar-refractivity contribution is 0.403. The van der Waals surface area contributed by atoms with Gasteiger partial charge in [-0.2, -0.15) is 0 Å². The summed E-state index contributed by atoms with van der Waals surface area (Å²) in [5.41, 5.74) is 5.90. The van der Waals surface area contributed by atoms with Crippen LogP contribution in [0.15, 0.2) is 4.99 Å². The summed E-state index contributed by atoms with van der Waals surface area (Å²) in [6.07, 6.45) is 8.95. The fraction of sp³-hybridized carbons (Fsp3) is 0.923. The molecule has 0 aromatic rings. The van der Waals surface area contributed by atoms with E-state index in [0.717, 1.165) is 19.5 Å². The number of nitrogens with zero attached hydrogens (tertiary/aromatic N) is 2. The molecule has 0 aliphatic heterocycles. The van der Waals surface area contributed by atoms with E-state index in [0.29, 0.717) is 12.0 Å². The topological polar surface area (TPSA) is 53.6 Å². The van der Waals surface area contributed by atoms with Gasteiger partial charge in [0.05, 0.1) is 0 Å². The summed E-state index contributed by atoms with van der Waals surface area (Å²) in [6.45, 7) is 1.89. The predicted octanol–water partition coefficient (Wildman–Crippen LogP) is 2.18. The van der Waals surface area contributed by atoms with Crippen molar-refractivity contribution in [2.45, 2.75) is 51.0 Å². The van der Waals surface area contributed by atoms with Crippen molar-refractivity contribution in [1.29, 1.82) is 0 Å². The third kappa shape index (κ3) is 8.97. The van der Waals surface area contributed by atoms with Crippen molar-refractivity contribution in [2.75, 3.05) is 27.2 Å². The van der Waals surface area contributed by atoms with Crippen molar-refractivity contribution in [1.82, 2.24) is 10.2 Å². The SMILES string of the molecule is CN(C)CCCN=C(N)NC1CCCCCC1.I. The molecule has 1 fully saturated rings. The monoisotopic (exact) mass is 368 g/mol. The second-order valence-electron chi connectivity index (χ2n) is 5.26. The van der Waals surface area contributed by atoms with Gasteiger partial charge in [0.1, 0.15) is 0 Å². The summed E-state index contributed by atoms with van der Waals surface area (Å²) in [7, 11) is 4.16. The highest BCUT2D eigenvalue weighted by Crippen LogP contribution is 2.16. The van der Waals surface area contributed by atoms with Crippen LogP contribution in [0.1, 0.15) is 44.9 Å². The predicted molar refractivity (Wildman–Crippen MR) is 89.7 cm³/mol. The molecule has 0 amide bonds. The molecule has 1 rings (SSSR count). The van der Waals surface area contributed by atoms with Crippen LogP contribution in [-0.2, 0) is 0 Å². The minimum Gasteiger partial charge on any atom is -0.370 e. The molecular weight excluding hydrogens is 339 g/mol. The van der Waals surface area contributed by atoms with E-state index in [1.54, 1.807) is 0 Å². The number of nitrogens with two attached hydrogens (primary N) is 1. The molecule has 0 aromatic heterocycles. The second kappa shape index (κ2) is 10.8. The molecule has 4 nitrogen and oxygen atoms in total. The van der Waals surface area contributed by atoms with Crippen LogP contribution < -0.4 is 11.1 Å². The summed E-state index contributed by atoms with van der Waals surface area (Å²) < 4.78 is 0. The molecule has 0 saturated heterocycles. The first-order chi connectivity index (χ1) is 8.18. The first kappa shape index (κ1) is 18.0. The molecule has 0 spiro atoms. The number of hydrogen-bond donors (Lipinski definition) is 2. The Bertz CT molecular complexity index is 223.